The highest BCUT2D eigenvalue weighted by Gasteiger charge is 2.16. The Hall–Kier alpha value is -2.43. The van der Waals surface area contributed by atoms with Crippen LogP contribution in [-0.2, 0) is 6.42 Å². The molecule has 0 radical (unpaired) electrons. The first-order valence-electron chi connectivity index (χ1n) is 6.24. The summed E-state index contributed by atoms with van der Waals surface area (Å²) in [4.78, 5) is 8.15. The number of hydrogen-bond acceptors (Lipinski definition) is 4. The number of hydrogen-bond donors (Lipinski definition) is 2. The van der Waals surface area contributed by atoms with Crippen LogP contribution in [0.15, 0.2) is 36.7 Å². The summed E-state index contributed by atoms with van der Waals surface area (Å²) in [5, 5.41) is 8.07. The lowest BCUT2D eigenvalue weighted by atomic mass is 9.96. The summed E-state index contributed by atoms with van der Waals surface area (Å²) in [6.07, 6.45) is 2.36. The van der Waals surface area contributed by atoms with Gasteiger partial charge in [0.05, 0.1) is 11.1 Å². The molecule has 1 aromatic carbocycles. The zero-order valence-electron chi connectivity index (χ0n) is 10.7. The Labute approximate surface area is 110 Å². The standard InChI is InChI=1S/C14H15N5/c1-9(7-10-5-3-2-4-6-10)12-11-13(15)16-8-17-14(11)19-18-12/h2-6,8-9H,7H2,1H3,(H3,15,16,17,18,19)/t9-/m1/s1. The van der Waals surface area contributed by atoms with Gasteiger partial charge in [0.2, 0.25) is 0 Å². The minimum atomic E-state index is 0.278. The summed E-state index contributed by atoms with van der Waals surface area (Å²) >= 11 is 0. The van der Waals surface area contributed by atoms with E-state index in [1.165, 1.54) is 11.9 Å². The van der Waals surface area contributed by atoms with Gasteiger partial charge in [0.25, 0.3) is 0 Å². The van der Waals surface area contributed by atoms with Gasteiger partial charge in [-0.3, -0.25) is 5.10 Å². The molecular formula is C14H15N5. The molecule has 0 unspecified atom stereocenters. The zero-order chi connectivity index (χ0) is 13.2. The van der Waals surface area contributed by atoms with E-state index in [1.807, 2.05) is 18.2 Å². The molecule has 0 bridgehead atoms. The molecular weight excluding hydrogens is 238 g/mol. The van der Waals surface area contributed by atoms with E-state index in [0.717, 1.165) is 17.5 Å². The molecule has 5 nitrogen and oxygen atoms in total. The van der Waals surface area contributed by atoms with Crippen LogP contribution in [-0.4, -0.2) is 20.2 Å². The van der Waals surface area contributed by atoms with E-state index in [2.05, 4.69) is 39.2 Å². The summed E-state index contributed by atoms with van der Waals surface area (Å²) in [7, 11) is 0. The quantitative estimate of drug-likeness (QED) is 0.750. The van der Waals surface area contributed by atoms with Crippen LogP contribution in [0.3, 0.4) is 0 Å². The molecule has 0 amide bonds. The van der Waals surface area contributed by atoms with E-state index in [1.54, 1.807) is 0 Å². The molecule has 2 heterocycles. The van der Waals surface area contributed by atoms with Crippen molar-refractivity contribution in [2.75, 3.05) is 5.73 Å². The van der Waals surface area contributed by atoms with Gasteiger partial charge in [0.15, 0.2) is 5.65 Å². The van der Waals surface area contributed by atoms with Gasteiger partial charge in [0, 0.05) is 5.92 Å². The molecule has 5 heteroatoms. The fourth-order valence-corrected chi connectivity index (χ4v) is 2.33. The van der Waals surface area contributed by atoms with Crippen molar-refractivity contribution in [3.63, 3.8) is 0 Å². The molecule has 3 rings (SSSR count). The van der Waals surface area contributed by atoms with E-state index >= 15 is 0 Å². The largest absolute Gasteiger partial charge is 0.383 e. The second-order valence-corrected chi connectivity index (χ2v) is 4.69. The molecule has 19 heavy (non-hydrogen) atoms. The second kappa shape index (κ2) is 4.68. The molecule has 0 aliphatic heterocycles. The summed E-state index contributed by atoms with van der Waals surface area (Å²) in [6.45, 7) is 2.15. The van der Waals surface area contributed by atoms with Crippen molar-refractivity contribution in [2.45, 2.75) is 19.3 Å². The maximum Gasteiger partial charge on any atom is 0.186 e. The van der Waals surface area contributed by atoms with Gasteiger partial charge in [-0.15, -0.1) is 0 Å². The summed E-state index contributed by atoms with van der Waals surface area (Å²) in [5.74, 6) is 0.759. The Morgan fingerprint density at radius 1 is 1.21 bits per heavy atom. The Morgan fingerprint density at radius 3 is 2.79 bits per heavy atom. The second-order valence-electron chi connectivity index (χ2n) is 4.69. The van der Waals surface area contributed by atoms with Crippen molar-refractivity contribution >= 4 is 16.9 Å². The van der Waals surface area contributed by atoms with Gasteiger partial charge in [-0.25, -0.2) is 9.97 Å². The van der Waals surface area contributed by atoms with Crippen LogP contribution in [0.25, 0.3) is 11.0 Å². The smallest absolute Gasteiger partial charge is 0.186 e. The maximum atomic E-state index is 5.92. The number of H-pyrrole nitrogens is 1. The lowest BCUT2D eigenvalue weighted by Crippen LogP contribution is -2.01. The minimum Gasteiger partial charge on any atom is -0.383 e. The van der Waals surface area contributed by atoms with Crippen LogP contribution < -0.4 is 5.73 Å². The third-order valence-corrected chi connectivity index (χ3v) is 3.29. The predicted octanol–water partition coefficient (Wildman–Crippen LogP) is 2.28. The van der Waals surface area contributed by atoms with Crippen LogP contribution in [0.5, 0.6) is 0 Å². The van der Waals surface area contributed by atoms with Crippen molar-refractivity contribution in [1.82, 2.24) is 20.2 Å². The summed E-state index contributed by atoms with van der Waals surface area (Å²) in [6, 6.07) is 10.4. The molecule has 0 aliphatic rings. The number of nitrogens with zero attached hydrogens (tertiary/aromatic N) is 3. The number of aromatic amines is 1. The van der Waals surface area contributed by atoms with Crippen molar-refractivity contribution in [2.24, 2.45) is 0 Å². The van der Waals surface area contributed by atoms with Crippen molar-refractivity contribution in [1.29, 1.82) is 0 Å². The number of benzene rings is 1. The SMILES string of the molecule is C[C@H](Cc1ccccc1)c1[nH]nc2ncnc(N)c12. The lowest BCUT2D eigenvalue weighted by molar-refractivity contribution is 0.730. The molecule has 0 saturated carbocycles. The van der Waals surface area contributed by atoms with Crippen LogP contribution in [0.4, 0.5) is 5.82 Å². The molecule has 0 aliphatic carbocycles. The Kier molecular flexibility index (Phi) is 2.87. The van der Waals surface area contributed by atoms with Crippen LogP contribution >= 0.6 is 0 Å². The van der Waals surface area contributed by atoms with Crippen molar-refractivity contribution in [3.05, 3.63) is 47.9 Å². The van der Waals surface area contributed by atoms with Crippen molar-refractivity contribution < 1.29 is 0 Å². The first-order valence-corrected chi connectivity index (χ1v) is 6.24. The van der Waals surface area contributed by atoms with Crippen LogP contribution in [0.2, 0.25) is 0 Å². The van der Waals surface area contributed by atoms with Gasteiger partial charge < -0.3 is 5.73 Å². The molecule has 2 aromatic heterocycles. The highest BCUT2D eigenvalue weighted by Crippen LogP contribution is 2.27. The Bertz CT molecular complexity index is 689. The number of fused-ring (bicyclic) bond motifs is 1. The number of aromatic nitrogens is 4. The van der Waals surface area contributed by atoms with Crippen LogP contribution in [0, 0.1) is 0 Å². The van der Waals surface area contributed by atoms with E-state index in [9.17, 15) is 0 Å². The lowest BCUT2D eigenvalue weighted by Gasteiger charge is -2.10. The topological polar surface area (TPSA) is 80.5 Å². The highest BCUT2D eigenvalue weighted by molar-refractivity contribution is 5.87. The van der Waals surface area contributed by atoms with Gasteiger partial charge in [-0.2, -0.15) is 5.10 Å². The van der Waals surface area contributed by atoms with Gasteiger partial charge in [-0.1, -0.05) is 37.3 Å². The normalized spacial score (nSPS) is 12.7. The van der Waals surface area contributed by atoms with E-state index in [-0.39, 0.29) is 5.92 Å². The number of rotatable bonds is 3. The highest BCUT2D eigenvalue weighted by atomic mass is 15.2. The molecule has 1 atom stereocenters. The zero-order valence-corrected chi connectivity index (χ0v) is 10.7. The van der Waals surface area contributed by atoms with Crippen LogP contribution in [0.1, 0.15) is 24.1 Å². The van der Waals surface area contributed by atoms with Gasteiger partial charge >= 0.3 is 0 Å². The third-order valence-electron chi connectivity index (χ3n) is 3.29. The molecule has 3 N–H and O–H groups in total. The van der Waals surface area contributed by atoms with E-state index in [4.69, 9.17) is 5.73 Å². The Balaban J connectivity index is 1.96. The number of nitrogen functional groups attached to an aromatic ring is 1. The Morgan fingerprint density at radius 2 is 2.00 bits per heavy atom. The van der Waals surface area contributed by atoms with E-state index < -0.39 is 0 Å². The van der Waals surface area contributed by atoms with Crippen molar-refractivity contribution in [3.8, 4) is 0 Å². The first-order chi connectivity index (χ1) is 9.25. The number of anilines is 1. The minimum absolute atomic E-state index is 0.278. The molecule has 96 valence electrons. The van der Waals surface area contributed by atoms with Gasteiger partial charge in [0.1, 0.15) is 12.1 Å². The fraction of sp³-hybridized carbons (Fsp3) is 0.214. The predicted molar refractivity (Wildman–Crippen MR) is 74.7 cm³/mol. The third kappa shape index (κ3) is 2.14. The van der Waals surface area contributed by atoms with E-state index in [0.29, 0.717) is 11.5 Å². The average molecular weight is 253 g/mol. The monoisotopic (exact) mass is 253 g/mol. The average Bonchev–Trinajstić information content (AvgIpc) is 2.85. The molecule has 3 aromatic rings. The number of nitrogens with one attached hydrogen (secondary N) is 1. The fourth-order valence-electron chi connectivity index (χ4n) is 2.33. The molecule has 0 spiro atoms. The maximum absolute atomic E-state index is 5.92. The number of nitrogens with two attached hydrogens (primary N) is 1. The van der Waals surface area contributed by atoms with Gasteiger partial charge in [-0.05, 0) is 12.0 Å². The summed E-state index contributed by atoms with van der Waals surface area (Å²) in [5.41, 5.74) is 8.83. The first kappa shape index (κ1) is 11.6. The summed E-state index contributed by atoms with van der Waals surface area (Å²) < 4.78 is 0. The molecule has 0 fully saturated rings. The molecule has 0 saturated heterocycles.